The van der Waals surface area contributed by atoms with Crippen molar-refractivity contribution < 1.29 is 4.79 Å². The van der Waals surface area contributed by atoms with Crippen molar-refractivity contribution in [3.63, 3.8) is 0 Å². The van der Waals surface area contributed by atoms with Crippen molar-refractivity contribution in [1.29, 1.82) is 0 Å². The van der Waals surface area contributed by atoms with Crippen LogP contribution in [0, 0.1) is 6.92 Å². The first-order valence-corrected chi connectivity index (χ1v) is 8.97. The lowest BCUT2D eigenvalue weighted by atomic mass is 10.1. The highest BCUT2D eigenvalue weighted by atomic mass is 32.2. The minimum absolute atomic E-state index is 0.0331. The first-order valence-electron chi connectivity index (χ1n) is 7.21. The molecule has 0 radical (unpaired) electrons. The quantitative estimate of drug-likeness (QED) is 0.794. The Kier molecular flexibility index (Phi) is 4.36. The van der Waals surface area contributed by atoms with Gasteiger partial charge in [-0.1, -0.05) is 17.7 Å². The summed E-state index contributed by atoms with van der Waals surface area (Å²) >= 11 is 3.41. The van der Waals surface area contributed by atoms with E-state index in [0.717, 1.165) is 24.4 Å². The minimum atomic E-state index is -0.0331. The number of nitrogens with zero attached hydrogens (tertiary/aromatic N) is 1. The summed E-state index contributed by atoms with van der Waals surface area (Å²) < 4.78 is 0. The number of carbonyl (C=O) groups is 1. The highest BCUT2D eigenvalue weighted by Gasteiger charge is 2.25. The Labute approximate surface area is 134 Å². The Morgan fingerprint density at radius 1 is 1.29 bits per heavy atom. The lowest BCUT2D eigenvalue weighted by Gasteiger charge is -2.29. The first kappa shape index (κ1) is 14.7. The van der Waals surface area contributed by atoms with Gasteiger partial charge in [0.25, 0.3) is 0 Å². The van der Waals surface area contributed by atoms with Crippen molar-refractivity contribution in [2.75, 3.05) is 6.54 Å². The molecule has 110 valence electrons. The van der Waals surface area contributed by atoms with Crippen molar-refractivity contribution in [2.24, 2.45) is 0 Å². The van der Waals surface area contributed by atoms with E-state index < -0.39 is 0 Å². The number of hydrogen-bond donors (Lipinski definition) is 0. The van der Waals surface area contributed by atoms with Crippen LogP contribution in [-0.4, -0.2) is 22.6 Å². The van der Waals surface area contributed by atoms with Gasteiger partial charge in [-0.05, 0) is 49.4 Å². The molecule has 21 heavy (non-hydrogen) atoms. The van der Waals surface area contributed by atoms with Gasteiger partial charge in [0, 0.05) is 16.3 Å². The normalized spacial score (nSPS) is 15.6. The van der Waals surface area contributed by atoms with Crippen LogP contribution < -0.4 is 0 Å². The highest BCUT2D eigenvalue weighted by Crippen LogP contribution is 2.28. The molecule has 0 aliphatic carbocycles. The van der Waals surface area contributed by atoms with Crippen LogP contribution in [-0.2, 0) is 17.8 Å². The Bertz CT molecular complexity index is 632. The fraction of sp³-hybridized carbons (Fsp3) is 0.353. The zero-order valence-corrected chi connectivity index (χ0v) is 14.0. The summed E-state index contributed by atoms with van der Waals surface area (Å²) in [6.45, 7) is 5.72. The van der Waals surface area contributed by atoms with Crippen LogP contribution in [0.4, 0.5) is 0 Å². The number of aryl methyl sites for hydroxylation is 1. The van der Waals surface area contributed by atoms with Gasteiger partial charge in [-0.3, -0.25) is 4.79 Å². The summed E-state index contributed by atoms with van der Waals surface area (Å²) in [4.78, 5) is 17.1. The smallest absolute Gasteiger partial charge is 0.236 e. The molecule has 0 bridgehead atoms. The molecule has 2 nitrogen and oxygen atoms in total. The van der Waals surface area contributed by atoms with E-state index in [4.69, 9.17) is 0 Å². The average Bonchev–Trinajstić information content (AvgIpc) is 2.96. The molecular weight excluding hydrogens is 298 g/mol. The van der Waals surface area contributed by atoms with Crippen LogP contribution in [0.1, 0.15) is 22.9 Å². The van der Waals surface area contributed by atoms with Crippen LogP contribution in [0.15, 0.2) is 40.6 Å². The molecule has 1 aliphatic heterocycles. The summed E-state index contributed by atoms with van der Waals surface area (Å²) in [5.74, 6) is 0.250. The number of amides is 1. The van der Waals surface area contributed by atoms with E-state index in [9.17, 15) is 4.79 Å². The van der Waals surface area contributed by atoms with Gasteiger partial charge in [0.15, 0.2) is 0 Å². The molecule has 2 heterocycles. The van der Waals surface area contributed by atoms with Crippen LogP contribution in [0.2, 0.25) is 0 Å². The second-order valence-electron chi connectivity index (χ2n) is 5.45. The maximum Gasteiger partial charge on any atom is 0.236 e. The minimum Gasteiger partial charge on any atom is -0.336 e. The molecule has 1 aliphatic rings. The molecule has 0 unspecified atom stereocenters. The summed E-state index contributed by atoms with van der Waals surface area (Å²) in [7, 11) is 0. The number of hydrogen-bond acceptors (Lipinski definition) is 3. The number of fused-ring (bicyclic) bond motifs is 1. The second kappa shape index (κ2) is 6.24. The summed E-state index contributed by atoms with van der Waals surface area (Å²) in [5, 5.41) is 2.09. The lowest BCUT2D eigenvalue weighted by Crippen LogP contribution is -2.39. The molecule has 1 amide bonds. The summed E-state index contributed by atoms with van der Waals surface area (Å²) in [6, 6.07) is 10.6. The Morgan fingerprint density at radius 3 is 2.81 bits per heavy atom. The molecule has 2 aromatic rings. The van der Waals surface area contributed by atoms with Gasteiger partial charge >= 0.3 is 0 Å². The topological polar surface area (TPSA) is 20.3 Å². The molecule has 0 saturated carbocycles. The fourth-order valence-corrected chi connectivity index (χ4v) is 4.45. The van der Waals surface area contributed by atoms with E-state index in [1.54, 1.807) is 23.1 Å². The molecule has 4 heteroatoms. The molecule has 0 N–H and O–H groups in total. The van der Waals surface area contributed by atoms with E-state index in [-0.39, 0.29) is 11.2 Å². The van der Waals surface area contributed by atoms with Crippen molar-refractivity contribution in [3.8, 4) is 0 Å². The second-order valence-corrected chi connectivity index (χ2v) is 7.87. The van der Waals surface area contributed by atoms with E-state index >= 15 is 0 Å². The molecule has 1 aromatic heterocycles. The highest BCUT2D eigenvalue weighted by molar-refractivity contribution is 8.00. The SMILES string of the molecule is Cc1ccc(S[C@@H](C)C(=O)N2CCc3ccsc3C2)cc1. The van der Waals surface area contributed by atoms with Crippen LogP contribution in [0.3, 0.4) is 0 Å². The molecule has 1 aromatic carbocycles. The molecule has 3 rings (SSSR count). The number of thiophene rings is 1. The van der Waals surface area contributed by atoms with Gasteiger partial charge in [0.1, 0.15) is 0 Å². The third kappa shape index (κ3) is 3.33. The van der Waals surface area contributed by atoms with E-state index in [1.807, 2.05) is 11.8 Å². The van der Waals surface area contributed by atoms with Crippen LogP contribution in [0.5, 0.6) is 0 Å². The largest absolute Gasteiger partial charge is 0.336 e. The van der Waals surface area contributed by atoms with E-state index in [2.05, 4.69) is 42.6 Å². The Morgan fingerprint density at radius 2 is 2.05 bits per heavy atom. The van der Waals surface area contributed by atoms with Crippen molar-refractivity contribution in [2.45, 2.75) is 37.0 Å². The van der Waals surface area contributed by atoms with Gasteiger partial charge in [-0.2, -0.15) is 0 Å². The van der Waals surface area contributed by atoms with Crippen molar-refractivity contribution in [1.82, 2.24) is 4.90 Å². The monoisotopic (exact) mass is 317 g/mol. The predicted molar refractivity (Wildman–Crippen MR) is 89.9 cm³/mol. The summed E-state index contributed by atoms with van der Waals surface area (Å²) in [6.07, 6.45) is 0.993. The summed E-state index contributed by atoms with van der Waals surface area (Å²) in [5.41, 5.74) is 2.67. The van der Waals surface area contributed by atoms with Gasteiger partial charge in [-0.15, -0.1) is 23.1 Å². The fourth-order valence-electron chi connectivity index (χ4n) is 2.55. The van der Waals surface area contributed by atoms with Crippen LogP contribution >= 0.6 is 23.1 Å². The maximum absolute atomic E-state index is 12.6. The van der Waals surface area contributed by atoms with Gasteiger partial charge in [-0.25, -0.2) is 0 Å². The number of carbonyl (C=O) groups excluding carboxylic acids is 1. The van der Waals surface area contributed by atoms with E-state index in [1.165, 1.54) is 16.0 Å². The van der Waals surface area contributed by atoms with Gasteiger partial charge < -0.3 is 4.90 Å². The third-order valence-electron chi connectivity index (χ3n) is 3.82. The van der Waals surface area contributed by atoms with Crippen LogP contribution in [0.25, 0.3) is 0 Å². The van der Waals surface area contributed by atoms with E-state index in [0.29, 0.717) is 0 Å². The molecule has 0 spiro atoms. The predicted octanol–water partition coefficient (Wildman–Crippen LogP) is 4.12. The third-order valence-corrected chi connectivity index (χ3v) is 5.86. The maximum atomic E-state index is 12.6. The van der Waals surface area contributed by atoms with Gasteiger partial charge in [0.2, 0.25) is 5.91 Å². The average molecular weight is 317 g/mol. The standard InChI is InChI=1S/C17H19NOS2/c1-12-3-5-15(6-4-12)21-13(2)17(19)18-9-7-14-8-10-20-16(14)11-18/h3-6,8,10,13H,7,9,11H2,1-2H3/t13-/m0/s1. The molecule has 0 fully saturated rings. The zero-order valence-electron chi connectivity index (χ0n) is 12.3. The molecular formula is C17H19NOS2. The van der Waals surface area contributed by atoms with Crippen molar-refractivity contribution in [3.05, 3.63) is 51.7 Å². The Hall–Kier alpha value is -1.26. The zero-order chi connectivity index (χ0) is 14.8. The number of rotatable bonds is 3. The molecule has 0 saturated heterocycles. The number of thioether (sulfide) groups is 1. The molecule has 1 atom stereocenters. The number of benzene rings is 1. The van der Waals surface area contributed by atoms with Gasteiger partial charge in [0.05, 0.1) is 11.8 Å². The lowest BCUT2D eigenvalue weighted by molar-refractivity contribution is -0.131. The first-order chi connectivity index (χ1) is 10.1. The van der Waals surface area contributed by atoms with Crippen molar-refractivity contribution >= 4 is 29.0 Å². The Balaban J connectivity index is 1.64.